The van der Waals surface area contributed by atoms with Crippen molar-refractivity contribution in [3.05, 3.63) is 23.8 Å². The lowest BCUT2D eigenvalue weighted by molar-refractivity contribution is -0.172. The molecule has 0 heterocycles. The van der Waals surface area contributed by atoms with Gasteiger partial charge in [-0.1, -0.05) is 42.8 Å². The van der Waals surface area contributed by atoms with E-state index in [9.17, 15) is 19.5 Å². The third-order valence-corrected chi connectivity index (χ3v) is 9.67. The lowest BCUT2D eigenvalue weighted by atomic mass is 9.44. The molecule has 3 saturated carbocycles. The first kappa shape index (κ1) is 21.9. The summed E-state index contributed by atoms with van der Waals surface area (Å²) in [5.74, 6) is 0.316. The van der Waals surface area contributed by atoms with Crippen LogP contribution in [0.3, 0.4) is 0 Å². The topological polar surface area (TPSA) is 80.7 Å². The third-order valence-electron chi connectivity index (χ3n) is 8.81. The van der Waals surface area contributed by atoms with Gasteiger partial charge in [0.15, 0.2) is 12.4 Å². The Morgan fingerprint density at radius 1 is 1.33 bits per heavy atom. The van der Waals surface area contributed by atoms with Crippen LogP contribution in [0.25, 0.3) is 0 Å². The van der Waals surface area contributed by atoms with Crippen LogP contribution in [0.15, 0.2) is 23.8 Å². The van der Waals surface area contributed by atoms with Gasteiger partial charge >= 0.3 is 5.97 Å². The summed E-state index contributed by atoms with van der Waals surface area (Å²) < 4.78 is 4.95. The number of Topliss-reactive ketones (excluding diaryl/α,β-unsaturated/α-hetero) is 1. The summed E-state index contributed by atoms with van der Waals surface area (Å²) in [5, 5.41) is 11.6. The Hall–Kier alpha value is -1.27. The van der Waals surface area contributed by atoms with Crippen molar-refractivity contribution in [1.82, 2.24) is 0 Å². The van der Waals surface area contributed by atoms with Crippen molar-refractivity contribution in [2.75, 3.05) is 6.61 Å². The van der Waals surface area contributed by atoms with E-state index >= 15 is 0 Å². The Kier molecular flexibility index (Phi) is 5.21. The molecule has 164 valence electrons. The number of carbonyl (C=O) groups excluding carboxylic acids is 3. The summed E-state index contributed by atoms with van der Waals surface area (Å²) in [6.07, 6.45) is 8.39. The van der Waals surface area contributed by atoms with Crippen LogP contribution in [0.1, 0.15) is 53.4 Å². The van der Waals surface area contributed by atoms with Crippen molar-refractivity contribution < 1.29 is 24.2 Å². The van der Waals surface area contributed by atoms with Gasteiger partial charge in [-0.05, 0) is 67.1 Å². The molecule has 4 unspecified atom stereocenters. The predicted octanol–water partition coefficient (Wildman–Crippen LogP) is 3.78. The van der Waals surface area contributed by atoms with Crippen LogP contribution in [0.2, 0.25) is 0 Å². The zero-order valence-electron chi connectivity index (χ0n) is 18.1. The van der Waals surface area contributed by atoms with E-state index in [1.165, 1.54) is 6.92 Å². The van der Waals surface area contributed by atoms with Gasteiger partial charge in [0.2, 0.25) is 5.78 Å². The van der Waals surface area contributed by atoms with Crippen LogP contribution in [0, 0.1) is 34.5 Å². The second kappa shape index (κ2) is 7.13. The lowest BCUT2D eigenvalue weighted by Crippen LogP contribution is -2.61. The predicted molar refractivity (Wildman–Crippen MR) is 116 cm³/mol. The normalized spacial score (nSPS) is 47.1. The number of esters is 1. The highest BCUT2D eigenvalue weighted by molar-refractivity contribution is 9.09. The number of allylic oxidation sites excluding steroid dienone is 4. The summed E-state index contributed by atoms with van der Waals surface area (Å²) in [5.41, 5.74) is -1.06. The molecule has 0 bridgehead atoms. The van der Waals surface area contributed by atoms with Crippen molar-refractivity contribution in [3.63, 3.8) is 0 Å². The number of alkyl halides is 1. The molecule has 5 nitrogen and oxygen atoms in total. The number of hydrogen-bond donors (Lipinski definition) is 1. The zero-order valence-corrected chi connectivity index (χ0v) is 19.7. The maximum absolute atomic E-state index is 13.0. The van der Waals surface area contributed by atoms with Crippen LogP contribution in [-0.2, 0) is 19.1 Å². The van der Waals surface area contributed by atoms with E-state index in [4.69, 9.17) is 4.74 Å². The molecule has 4 rings (SSSR count). The van der Waals surface area contributed by atoms with E-state index in [1.54, 1.807) is 12.2 Å². The van der Waals surface area contributed by atoms with Crippen LogP contribution in [0.5, 0.6) is 0 Å². The molecule has 4 aliphatic rings. The molecular weight excluding hydrogens is 448 g/mol. The van der Waals surface area contributed by atoms with E-state index in [0.29, 0.717) is 18.3 Å². The molecule has 3 fully saturated rings. The molecular formula is C24H31BrO5. The van der Waals surface area contributed by atoms with Crippen molar-refractivity contribution in [2.24, 2.45) is 34.5 Å². The standard InChI is InChI=1S/C24H31BrO5/c1-13-11-23(4)17(6-8-24(23,29)20(28)12-30-14(2)26)16-10-19(25)18-9-15(27)5-7-22(18,3)21(13)16/h5,7,9,13,16-17,19,21,29H,6,8,10-12H2,1-4H3/t13-,16?,17?,19?,21?,22-,23-,24-/m0/s1. The number of ether oxygens (including phenoxy) is 1. The van der Waals surface area contributed by atoms with Gasteiger partial charge < -0.3 is 9.84 Å². The Labute approximate surface area is 186 Å². The molecule has 8 atom stereocenters. The minimum absolute atomic E-state index is 0.0463. The second-order valence-corrected chi connectivity index (χ2v) is 11.4. The molecule has 4 aliphatic carbocycles. The first-order valence-corrected chi connectivity index (χ1v) is 11.8. The highest BCUT2D eigenvalue weighted by Gasteiger charge is 2.68. The number of carbonyl (C=O) groups is 3. The fraction of sp³-hybridized carbons (Fsp3) is 0.708. The summed E-state index contributed by atoms with van der Waals surface area (Å²) in [6, 6.07) is 0. The van der Waals surface area contributed by atoms with Gasteiger partial charge in [0.25, 0.3) is 0 Å². The Balaban J connectivity index is 1.70. The van der Waals surface area contributed by atoms with Crippen molar-refractivity contribution in [1.29, 1.82) is 0 Å². The Morgan fingerprint density at radius 3 is 2.70 bits per heavy atom. The Morgan fingerprint density at radius 2 is 2.03 bits per heavy atom. The first-order chi connectivity index (χ1) is 13.9. The number of fused-ring (bicyclic) bond motifs is 5. The monoisotopic (exact) mass is 478 g/mol. The quantitative estimate of drug-likeness (QED) is 0.493. The van der Waals surface area contributed by atoms with Gasteiger partial charge in [0.05, 0.1) is 0 Å². The van der Waals surface area contributed by atoms with Crippen LogP contribution in [-0.4, -0.2) is 39.7 Å². The summed E-state index contributed by atoms with van der Waals surface area (Å²) in [4.78, 5) is 36.4. The zero-order chi connectivity index (χ0) is 22.1. The minimum atomic E-state index is -1.47. The molecule has 0 aromatic rings. The van der Waals surface area contributed by atoms with Gasteiger partial charge in [-0.2, -0.15) is 0 Å². The van der Waals surface area contributed by atoms with Crippen LogP contribution < -0.4 is 0 Å². The number of rotatable bonds is 3. The van der Waals surface area contributed by atoms with Crippen molar-refractivity contribution in [2.45, 2.75) is 63.8 Å². The molecule has 0 radical (unpaired) electrons. The Bertz CT molecular complexity index is 862. The molecule has 1 N–H and O–H groups in total. The number of ketones is 2. The number of hydrogen-bond acceptors (Lipinski definition) is 5. The average Bonchev–Trinajstić information content (AvgIpc) is 2.93. The molecule has 6 heteroatoms. The molecule has 0 aromatic heterocycles. The molecule has 0 amide bonds. The van der Waals surface area contributed by atoms with E-state index in [-0.39, 0.29) is 40.3 Å². The molecule has 0 saturated heterocycles. The van der Waals surface area contributed by atoms with Gasteiger partial charge in [0.1, 0.15) is 5.60 Å². The maximum atomic E-state index is 13.0. The highest BCUT2D eigenvalue weighted by Crippen LogP contribution is 2.69. The second-order valence-electron chi connectivity index (χ2n) is 10.3. The first-order valence-electron chi connectivity index (χ1n) is 10.9. The summed E-state index contributed by atoms with van der Waals surface area (Å²) in [7, 11) is 0. The van der Waals surface area contributed by atoms with E-state index in [0.717, 1.165) is 24.8 Å². The fourth-order valence-electron chi connectivity index (χ4n) is 7.65. The SMILES string of the molecule is CC(=O)OCC(=O)[C@@]1(O)CCC2C3CC(Br)C4=CC(=O)C=C[C@]4(C)C3[C@@H](C)C[C@@]21C. The number of halogens is 1. The van der Waals surface area contributed by atoms with E-state index in [2.05, 4.69) is 42.8 Å². The smallest absolute Gasteiger partial charge is 0.303 e. The van der Waals surface area contributed by atoms with E-state index in [1.807, 2.05) is 0 Å². The number of aliphatic hydroxyl groups is 1. The largest absolute Gasteiger partial charge is 0.458 e. The molecule has 0 spiro atoms. The van der Waals surface area contributed by atoms with Gasteiger partial charge in [-0.3, -0.25) is 14.4 Å². The molecule has 0 aliphatic heterocycles. The summed E-state index contributed by atoms with van der Waals surface area (Å²) in [6.45, 7) is 7.42. The van der Waals surface area contributed by atoms with Crippen molar-refractivity contribution >= 4 is 33.5 Å². The maximum Gasteiger partial charge on any atom is 0.303 e. The lowest BCUT2D eigenvalue weighted by Gasteiger charge is -2.61. The van der Waals surface area contributed by atoms with Crippen LogP contribution in [0.4, 0.5) is 0 Å². The highest BCUT2D eigenvalue weighted by atomic mass is 79.9. The van der Waals surface area contributed by atoms with Gasteiger partial charge in [0, 0.05) is 22.6 Å². The molecule has 30 heavy (non-hydrogen) atoms. The van der Waals surface area contributed by atoms with Gasteiger partial charge in [-0.15, -0.1) is 0 Å². The van der Waals surface area contributed by atoms with E-state index < -0.39 is 17.0 Å². The average molecular weight is 479 g/mol. The van der Waals surface area contributed by atoms with Crippen molar-refractivity contribution in [3.8, 4) is 0 Å². The fourth-order valence-corrected chi connectivity index (χ4v) is 8.70. The summed E-state index contributed by atoms with van der Waals surface area (Å²) >= 11 is 3.85. The van der Waals surface area contributed by atoms with Crippen LogP contribution >= 0.6 is 15.9 Å². The third kappa shape index (κ3) is 2.93. The minimum Gasteiger partial charge on any atom is -0.458 e. The molecule has 0 aromatic carbocycles. The van der Waals surface area contributed by atoms with Gasteiger partial charge in [-0.25, -0.2) is 0 Å².